The molecule has 22 heavy (non-hydrogen) atoms. The van der Waals surface area contributed by atoms with Crippen LogP contribution in [0.25, 0.3) is 11.3 Å². The van der Waals surface area contributed by atoms with E-state index in [-0.39, 0.29) is 11.2 Å². The molecule has 0 N–H and O–H groups in total. The topological polar surface area (TPSA) is 42.9 Å². The molecule has 0 unspecified atom stereocenters. The van der Waals surface area contributed by atoms with E-state index in [4.69, 9.17) is 0 Å². The molecule has 0 atom stereocenters. The van der Waals surface area contributed by atoms with Gasteiger partial charge in [0.1, 0.15) is 5.78 Å². The van der Waals surface area contributed by atoms with Crippen LogP contribution >= 0.6 is 11.8 Å². The number of carbonyl (C=O) groups is 1. The number of hydrogen-bond acceptors (Lipinski definition) is 4. The van der Waals surface area contributed by atoms with Gasteiger partial charge in [0, 0.05) is 22.7 Å². The number of fused-ring (bicyclic) bond motifs is 3. The van der Waals surface area contributed by atoms with E-state index >= 15 is 0 Å². The van der Waals surface area contributed by atoms with Crippen molar-refractivity contribution in [3.8, 4) is 11.3 Å². The van der Waals surface area contributed by atoms with Crippen molar-refractivity contribution in [2.24, 2.45) is 5.41 Å². The highest BCUT2D eigenvalue weighted by molar-refractivity contribution is 7.99. The Bertz CT molecular complexity index is 719. The first-order valence-corrected chi connectivity index (χ1v) is 8.37. The van der Waals surface area contributed by atoms with Gasteiger partial charge in [0.15, 0.2) is 5.16 Å². The standard InChI is InChI=1S/C18H18N2OS/c1-18(2,3)15(21)11-22-17-19-10-13-9-8-12-6-4-5-7-14(12)16(13)20-17/h5,7,10H,8-9,11H2,1-3H3. The normalized spacial score (nSPS) is 13.0. The summed E-state index contributed by atoms with van der Waals surface area (Å²) in [5, 5.41) is 0.664. The van der Waals surface area contributed by atoms with Gasteiger partial charge in [0.05, 0.1) is 11.4 Å². The summed E-state index contributed by atoms with van der Waals surface area (Å²) in [6.45, 7) is 5.81. The van der Waals surface area contributed by atoms with E-state index in [2.05, 4.69) is 22.1 Å². The Morgan fingerprint density at radius 1 is 1.36 bits per heavy atom. The summed E-state index contributed by atoms with van der Waals surface area (Å²) in [6.07, 6.45) is 3.78. The lowest BCUT2D eigenvalue weighted by Crippen LogP contribution is -2.22. The third-order valence-electron chi connectivity index (χ3n) is 3.79. The minimum atomic E-state index is -0.321. The molecule has 0 amide bonds. The smallest absolute Gasteiger partial charge is 0.188 e. The van der Waals surface area contributed by atoms with Crippen molar-refractivity contribution in [1.82, 2.24) is 9.97 Å². The number of rotatable bonds is 3. The van der Waals surface area contributed by atoms with E-state index in [9.17, 15) is 4.79 Å². The lowest BCUT2D eigenvalue weighted by molar-refractivity contribution is -0.123. The third-order valence-corrected chi connectivity index (χ3v) is 4.65. The van der Waals surface area contributed by atoms with Gasteiger partial charge in [-0.15, -0.1) is 0 Å². The molecular weight excluding hydrogens is 292 g/mol. The van der Waals surface area contributed by atoms with E-state index in [0.717, 1.165) is 29.7 Å². The first kappa shape index (κ1) is 15.1. The maximum atomic E-state index is 12.0. The van der Waals surface area contributed by atoms with Crippen LogP contribution in [0, 0.1) is 17.5 Å². The molecule has 2 aromatic rings. The number of aryl methyl sites for hydroxylation is 1. The van der Waals surface area contributed by atoms with Gasteiger partial charge in [-0.1, -0.05) is 44.7 Å². The summed E-state index contributed by atoms with van der Waals surface area (Å²) >= 11 is 1.41. The highest BCUT2D eigenvalue weighted by Crippen LogP contribution is 2.31. The number of aromatic nitrogens is 2. The number of carbonyl (C=O) groups excluding carboxylic acids is 1. The van der Waals surface area contributed by atoms with Crippen LogP contribution in [0.15, 0.2) is 23.5 Å². The molecule has 1 aliphatic carbocycles. The average Bonchev–Trinajstić information content (AvgIpc) is 2.51. The van der Waals surface area contributed by atoms with Crippen molar-refractivity contribution in [1.29, 1.82) is 0 Å². The molecule has 0 fully saturated rings. The fourth-order valence-electron chi connectivity index (χ4n) is 2.32. The zero-order valence-electron chi connectivity index (χ0n) is 13.1. The molecule has 4 heteroatoms. The number of thioether (sulfide) groups is 1. The molecule has 112 valence electrons. The lowest BCUT2D eigenvalue weighted by Gasteiger charge is -2.18. The Morgan fingerprint density at radius 3 is 2.95 bits per heavy atom. The summed E-state index contributed by atoms with van der Waals surface area (Å²) in [4.78, 5) is 21.1. The fourth-order valence-corrected chi connectivity index (χ4v) is 3.30. The summed E-state index contributed by atoms with van der Waals surface area (Å²) < 4.78 is 0. The first-order valence-electron chi connectivity index (χ1n) is 7.39. The molecule has 0 bridgehead atoms. The van der Waals surface area contributed by atoms with Gasteiger partial charge in [-0.25, -0.2) is 9.97 Å². The molecule has 1 aromatic carbocycles. The summed E-state index contributed by atoms with van der Waals surface area (Å²) in [5.41, 5.74) is 4.10. The fraction of sp³-hybridized carbons (Fsp3) is 0.389. The molecule has 1 aromatic heterocycles. The molecule has 1 heterocycles. The SMILES string of the molecule is CC(C)(C)C(=O)CSc1ncc2c(n1)-c1ccc#cc1CC2. The highest BCUT2D eigenvalue weighted by Gasteiger charge is 2.22. The van der Waals surface area contributed by atoms with Gasteiger partial charge < -0.3 is 0 Å². The van der Waals surface area contributed by atoms with Crippen molar-refractivity contribution in [3.05, 3.63) is 41.6 Å². The average molecular weight is 310 g/mol. The van der Waals surface area contributed by atoms with Crippen LogP contribution in [0.5, 0.6) is 0 Å². The van der Waals surface area contributed by atoms with Crippen molar-refractivity contribution in [2.45, 2.75) is 38.8 Å². The molecule has 0 aliphatic heterocycles. The lowest BCUT2D eigenvalue weighted by atomic mass is 9.91. The number of hydrogen-bond donors (Lipinski definition) is 0. The Labute approximate surface area is 135 Å². The van der Waals surface area contributed by atoms with Crippen LogP contribution in [-0.2, 0) is 17.6 Å². The summed E-state index contributed by atoms with van der Waals surface area (Å²) in [5.74, 6) is 0.617. The monoisotopic (exact) mass is 310 g/mol. The minimum Gasteiger partial charge on any atom is -0.298 e. The minimum absolute atomic E-state index is 0.210. The molecule has 3 rings (SSSR count). The molecule has 0 spiro atoms. The molecule has 1 aliphatic rings. The van der Waals surface area contributed by atoms with E-state index in [1.54, 1.807) is 0 Å². The van der Waals surface area contributed by atoms with Crippen LogP contribution < -0.4 is 0 Å². The van der Waals surface area contributed by atoms with Crippen molar-refractivity contribution < 1.29 is 4.79 Å². The van der Waals surface area contributed by atoms with Crippen molar-refractivity contribution >= 4 is 17.5 Å². The van der Waals surface area contributed by atoms with Crippen LogP contribution in [0.2, 0.25) is 0 Å². The maximum Gasteiger partial charge on any atom is 0.188 e. The largest absolute Gasteiger partial charge is 0.298 e. The van der Waals surface area contributed by atoms with E-state index in [0.29, 0.717) is 10.9 Å². The molecule has 0 saturated heterocycles. The number of nitrogens with zero attached hydrogens (tertiary/aromatic N) is 2. The Balaban J connectivity index is 1.84. The van der Waals surface area contributed by atoms with Gasteiger partial charge in [0.2, 0.25) is 0 Å². The number of Topliss-reactive ketones (excluding diaryl/α,β-unsaturated/α-hetero) is 1. The second kappa shape index (κ2) is 5.73. The molecule has 0 saturated carbocycles. The second-order valence-corrected chi connectivity index (χ2v) is 7.43. The van der Waals surface area contributed by atoms with Crippen LogP contribution in [0.3, 0.4) is 0 Å². The van der Waals surface area contributed by atoms with E-state index in [1.807, 2.05) is 39.1 Å². The quantitative estimate of drug-likeness (QED) is 0.642. The van der Waals surface area contributed by atoms with Gasteiger partial charge in [-0.05, 0) is 30.5 Å². The highest BCUT2D eigenvalue weighted by atomic mass is 32.2. The van der Waals surface area contributed by atoms with Crippen LogP contribution in [-0.4, -0.2) is 21.5 Å². The summed E-state index contributed by atoms with van der Waals surface area (Å²) in [6, 6.07) is 10.1. The molecule has 0 radical (unpaired) electrons. The van der Waals surface area contributed by atoms with Gasteiger partial charge >= 0.3 is 0 Å². The van der Waals surface area contributed by atoms with E-state index < -0.39 is 0 Å². The predicted octanol–water partition coefficient (Wildman–Crippen LogP) is 3.55. The Kier molecular flexibility index (Phi) is 3.92. The maximum absolute atomic E-state index is 12.0. The van der Waals surface area contributed by atoms with Crippen LogP contribution in [0.4, 0.5) is 0 Å². The first-order chi connectivity index (χ1) is 10.4. The second-order valence-electron chi connectivity index (χ2n) is 6.48. The zero-order valence-corrected chi connectivity index (χ0v) is 13.9. The number of ketones is 1. The molecule has 3 nitrogen and oxygen atoms in total. The van der Waals surface area contributed by atoms with Crippen molar-refractivity contribution in [3.63, 3.8) is 0 Å². The summed E-state index contributed by atoms with van der Waals surface area (Å²) in [7, 11) is 0. The Hall–Kier alpha value is -1.86. The van der Waals surface area contributed by atoms with Gasteiger partial charge in [-0.3, -0.25) is 4.79 Å². The van der Waals surface area contributed by atoms with Gasteiger partial charge in [0.25, 0.3) is 0 Å². The van der Waals surface area contributed by atoms with Crippen LogP contribution in [0.1, 0.15) is 31.9 Å². The van der Waals surface area contributed by atoms with Crippen molar-refractivity contribution in [2.75, 3.05) is 5.75 Å². The predicted molar refractivity (Wildman–Crippen MR) is 87.7 cm³/mol. The molecular formula is C18H18N2OS. The third kappa shape index (κ3) is 3.00. The zero-order chi connectivity index (χ0) is 15.7. The van der Waals surface area contributed by atoms with Gasteiger partial charge in [-0.2, -0.15) is 0 Å². The Morgan fingerprint density at radius 2 is 2.18 bits per heavy atom. The van der Waals surface area contributed by atoms with E-state index in [1.165, 1.54) is 17.3 Å².